The Kier molecular flexibility index (Phi) is 10.0. The van der Waals surface area contributed by atoms with Crippen molar-refractivity contribution in [1.29, 1.82) is 0 Å². The second-order valence-electron chi connectivity index (χ2n) is 2.26. The van der Waals surface area contributed by atoms with E-state index in [1.165, 1.54) is 0 Å². The van der Waals surface area contributed by atoms with Gasteiger partial charge in [-0.3, -0.25) is 4.79 Å². The zero-order chi connectivity index (χ0) is 11.6. The first-order chi connectivity index (χ1) is 6.51. The van der Waals surface area contributed by atoms with Crippen molar-refractivity contribution in [3.8, 4) is 0 Å². The van der Waals surface area contributed by atoms with Crippen LogP contribution >= 0.6 is 0 Å². The molecule has 1 amide bonds. The molecule has 0 aromatic rings. The van der Waals surface area contributed by atoms with Crippen molar-refractivity contribution in [2.24, 2.45) is 5.73 Å². The molecule has 0 fully saturated rings. The first-order valence-electron chi connectivity index (χ1n) is 4.09. The lowest BCUT2D eigenvalue weighted by molar-refractivity contribution is -0.113. The number of amides is 1. The molecule has 0 saturated heterocycles. The van der Waals surface area contributed by atoms with E-state index in [-0.39, 0.29) is 0 Å². The van der Waals surface area contributed by atoms with Crippen LogP contribution in [0.5, 0.6) is 0 Å². The van der Waals surface area contributed by atoms with Crippen LogP contribution in [0.15, 0.2) is 12.7 Å². The summed E-state index contributed by atoms with van der Waals surface area (Å²) in [6, 6.07) is 0.816. The smallest absolute Gasteiger partial charge is 0.377 e. The van der Waals surface area contributed by atoms with E-state index in [2.05, 4.69) is 12.3 Å². The van der Waals surface area contributed by atoms with Crippen molar-refractivity contribution in [2.75, 3.05) is 21.3 Å². The Morgan fingerprint density at radius 1 is 1.36 bits per heavy atom. The molecule has 14 heavy (non-hydrogen) atoms. The minimum absolute atomic E-state index is 0.481. The maximum absolute atomic E-state index is 9.47. The summed E-state index contributed by atoms with van der Waals surface area (Å²) in [5.41, 5.74) is 4.53. The molecule has 0 spiro atoms. The van der Waals surface area contributed by atoms with E-state index in [0.717, 1.165) is 12.1 Å². The predicted octanol–water partition coefficient (Wildman–Crippen LogP) is 0.542. The molecule has 0 rings (SSSR count). The molecule has 0 saturated carbocycles. The fourth-order valence-electron chi connectivity index (χ4n) is 0.683. The SMILES string of the molecule is C=CC(N)=O.CC[Si](OC)(OC)OC. The number of hydrogen-bond acceptors (Lipinski definition) is 4. The van der Waals surface area contributed by atoms with Gasteiger partial charge in [0.25, 0.3) is 0 Å². The Balaban J connectivity index is 0. The Morgan fingerprint density at radius 2 is 1.64 bits per heavy atom. The Bertz CT molecular complexity index is 153. The number of primary amides is 1. The van der Waals surface area contributed by atoms with E-state index < -0.39 is 14.7 Å². The summed E-state index contributed by atoms with van der Waals surface area (Å²) in [5, 5.41) is 0. The van der Waals surface area contributed by atoms with Gasteiger partial charge in [0.05, 0.1) is 0 Å². The van der Waals surface area contributed by atoms with E-state index in [1.54, 1.807) is 21.3 Å². The first kappa shape index (κ1) is 15.8. The average Bonchev–Trinajstić information content (AvgIpc) is 2.23. The molecule has 2 N–H and O–H groups in total. The standard InChI is InChI=1S/C5H14O3Si.C3H5NO/c1-5-9(6-2,7-3)8-4;1-2-3(4)5/h5H2,1-4H3;2H,1H2,(H2,4,5). The molecule has 0 unspecified atom stereocenters. The zero-order valence-electron chi connectivity index (χ0n) is 9.20. The van der Waals surface area contributed by atoms with Gasteiger partial charge in [-0.25, -0.2) is 0 Å². The van der Waals surface area contributed by atoms with E-state index >= 15 is 0 Å². The number of carbonyl (C=O) groups is 1. The highest BCUT2D eigenvalue weighted by atomic mass is 28.4. The highest BCUT2D eigenvalue weighted by Crippen LogP contribution is 2.10. The van der Waals surface area contributed by atoms with Crippen LogP contribution in [0.1, 0.15) is 6.92 Å². The molecule has 0 aromatic heterocycles. The van der Waals surface area contributed by atoms with E-state index in [1.807, 2.05) is 6.92 Å². The summed E-state index contributed by atoms with van der Waals surface area (Å²) in [7, 11) is 2.65. The van der Waals surface area contributed by atoms with Crippen LogP contribution in [0.2, 0.25) is 6.04 Å². The summed E-state index contributed by atoms with van der Waals surface area (Å²) in [5.74, 6) is -0.481. The zero-order valence-corrected chi connectivity index (χ0v) is 10.2. The van der Waals surface area contributed by atoms with Gasteiger partial charge in [-0.05, 0) is 6.08 Å². The molecule has 6 heteroatoms. The highest BCUT2D eigenvalue weighted by Gasteiger charge is 2.34. The van der Waals surface area contributed by atoms with Crippen LogP contribution < -0.4 is 5.73 Å². The molecule has 0 radical (unpaired) electrons. The van der Waals surface area contributed by atoms with Crippen molar-refractivity contribution >= 4 is 14.7 Å². The maximum Gasteiger partial charge on any atom is 0.499 e. The minimum Gasteiger partial charge on any atom is -0.377 e. The number of hydrogen-bond donors (Lipinski definition) is 1. The predicted molar refractivity (Wildman–Crippen MR) is 56.7 cm³/mol. The average molecular weight is 221 g/mol. The monoisotopic (exact) mass is 221 g/mol. The van der Waals surface area contributed by atoms with Crippen molar-refractivity contribution in [1.82, 2.24) is 0 Å². The molecule has 84 valence electrons. The van der Waals surface area contributed by atoms with E-state index in [4.69, 9.17) is 13.3 Å². The van der Waals surface area contributed by atoms with Gasteiger partial charge in [0.1, 0.15) is 0 Å². The van der Waals surface area contributed by atoms with Crippen molar-refractivity contribution in [3.05, 3.63) is 12.7 Å². The second-order valence-corrected chi connectivity index (χ2v) is 5.55. The maximum atomic E-state index is 9.47. The van der Waals surface area contributed by atoms with Gasteiger partial charge >= 0.3 is 8.80 Å². The second kappa shape index (κ2) is 8.89. The molecular formula is C8H19NO4Si. The summed E-state index contributed by atoms with van der Waals surface area (Å²) >= 11 is 0. The van der Waals surface area contributed by atoms with E-state index in [0.29, 0.717) is 0 Å². The first-order valence-corrected chi connectivity index (χ1v) is 6.02. The fraction of sp³-hybridized carbons (Fsp3) is 0.625. The van der Waals surface area contributed by atoms with Crippen LogP contribution in [0.4, 0.5) is 0 Å². The summed E-state index contributed by atoms with van der Waals surface area (Å²) in [6.45, 7) is 5.07. The molecule has 0 aliphatic rings. The number of rotatable bonds is 5. The van der Waals surface area contributed by atoms with Crippen molar-refractivity contribution in [2.45, 2.75) is 13.0 Å². The largest absolute Gasteiger partial charge is 0.499 e. The normalized spacial score (nSPS) is 10.0. The fourth-order valence-corrected chi connectivity index (χ4v) is 2.05. The number of nitrogens with two attached hydrogens (primary N) is 1. The van der Waals surface area contributed by atoms with Gasteiger partial charge in [-0.15, -0.1) is 0 Å². The van der Waals surface area contributed by atoms with Crippen LogP contribution in [-0.4, -0.2) is 36.0 Å². The molecule has 0 atom stereocenters. The lowest BCUT2D eigenvalue weighted by Gasteiger charge is -2.22. The van der Waals surface area contributed by atoms with Crippen LogP contribution in [-0.2, 0) is 18.1 Å². The van der Waals surface area contributed by atoms with Gasteiger partial charge in [-0.2, -0.15) is 0 Å². The molecule has 0 bridgehead atoms. The quantitative estimate of drug-likeness (QED) is 0.543. The topological polar surface area (TPSA) is 70.8 Å². The Morgan fingerprint density at radius 3 is 1.64 bits per heavy atom. The third-order valence-electron chi connectivity index (χ3n) is 1.57. The van der Waals surface area contributed by atoms with Crippen LogP contribution in [0.3, 0.4) is 0 Å². The third-order valence-corrected chi connectivity index (χ3v) is 4.30. The van der Waals surface area contributed by atoms with Gasteiger partial charge in [-0.1, -0.05) is 13.5 Å². The van der Waals surface area contributed by atoms with Gasteiger partial charge in [0, 0.05) is 27.4 Å². The lowest BCUT2D eigenvalue weighted by atomic mass is 10.6. The number of carbonyl (C=O) groups excluding carboxylic acids is 1. The highest BCUT2D eigenvalue weighted by molar-refractivity contribution is 6.60. The lowest BCUT2D eigenvalue weighted by Crippen LogP contribution is -2.41. The third kappa shape index (κ3) is 6.78. The van der Waals surface area contributed by atoms with Crippen molar-refractivity contribution in [3.63, 3.8) is 0 Å². The molecule has 0 heterocycles. The molecule has 5 nitrogen and oxygen atoms in total. The minimum atomic E-state index is -2.19. The van der Waals surface area contributed by atoms with Gasteiger partial charge in [0.15, 0.2) is 0 Å². The molecule has 0 aliphatic heterocycles. The Hall–Kier alpha value is -0.693. The summed E-state index contributed by atoms with van der Waals surface area (Å²) in [4.78, 5) is 9.47. The molecule has 0 aliphatic carbocycles. The van der Waals surface area contributed by atoms with Crippen LogP contribution in [0.25, 0.3) is 0 Å². The molecular weight excluding hydrogens is 202 g/mol. The van der Waals surface area contributed by atoms with Gasteiger partial charge in [0.2, 0.25) is 5.91 Å². The molecule has 0 aromatic carbocycles. The summed E-state index contributed by atoms with van der Waals surface area (Å²) in [6.07, 6.45) is 1.06. The van der Waals surface area contributed by atoms with E-state index in [9.17, 15) is 4.79 Å². The Labute approximate surface area is 86.2 Å². The van der Waals surface area contributed by atoms with Gasteiger partial charge < -0.3 is 19.0 Å². The summed E-state index contributed by atoms with van der Waals surface area (Å²) < 4.78 is 15.2. The van der Waals surface area contributed by atoms with Crippen molar-refractivity contribution < 1.29 is 18.1 Å². The van der Waals surface area contributed by atoms with Crippen LogP contribution in [0, 0.1) is 0 Å².